The lowest BCUT2D eigenvalue weighted by atomic mass is 10.1. The van der Waals surface area contributed by atoms with Crippen molar-refractivity contribution in [2.24, 2.45) is 0 Å². The van der Waals surface area contributed by atoms with Gasteiger partial charge < -0.3 is 14.8 Å². The molecule has 1 amide bonds. The van der Waals surface area contributed by atoms with E-state index in [0.29, 0.717) is 10.9 Å². The molecular weight excluding hydrogens is 364 g/mol. The summed E-state index contributed by atoms with van der Waals surface area (Å²) < 4.78 is 12.6. The summed E-state index contributed by atoms with van der Waals surface area (Å²) in [7, 11) is 0. The van der Waals surface area contributed by atoms with E-state index in [2.05, 4.69) is 15.5 Å². The highest BCUT2D eigenvalue weighted by Crippen LogP contribution is 2.34. The molecule has 0 fully saturated rings. The third kappa shape index (κ3) is 3.90. The molecule has 0 saturated heterocycles. The first kappa shape index (κ1) is 17.4. The van der Waals surface area contributed by atoms with Crippen LogP contribution in [0.2, 0.25) is 0 Å². The average Bonchev–Trinajstić information content (AvgIpc) is 3.35. The molecule has 2 heterocycles. The molecular formula is C19H18N4O3S. The number of carbonyl (C=O) groups is 1. The van der Waals surface area contributed by atoms with Gasteiger partial charge in [-0.3, -0.25) is 9.36 Å². The molecule has 2 aromatic carbocycles. The minimum atomic E-state index is -0.139. The Labute approximate surface area is 160 Å². The largest absolute Gasteiger partial charge is 0.454 e. The second kappa shape index (κ2) is 7.71. The van der Waals surface area contributed by atoms with Crippen molar-refractivity contribution in [2.75, 3.05) is 12.5 Å². The van der Waals surface area contributed by atoms with Gasteiger partial charge in [-0.25, -0.2) is 0 Å². The van der Waals surface area contributed by atoms with E-state index < -0.39 is 0 Å². The third-order valence-electron chi connectivity index (χ3n) is 4.16. The maximum absolute atomic E-state index is 12.4. The molecule has 1 aliphatic rings. The van der Waals surface area contributed by atoms with Crippen molar-refractivity contribution >= 4 is 17.7 Å². The highest BCUT2D eigenvalue weighted by molar-refractivity contribution is 7.99. The first-order valence-electron chi connectivity index (χ1n) is 8.48. The summed E-state index contributed by atoms with van der Waals surface area (Å²) >= 11 is 1.35. The maximum atomic E-state index is 12.4. The van der Waals surface area contributed by atoms with Crippen molar-refractivity contribution in [2.45, 2.75) is 18.1 Å². The van der Waals surface area contributed by atoms with Gasteiger partial charge in [-0.1, -0.05) is 36.0 Å². The van der Waals surface area contributed by atoms with Gasteiger partial charge in [0.15, 0.2) is 16.7 Å². The van der Waals surface area contributed by atoms with E-state index in [1.165, 1.54) is 11.8 Å². The minimum absolute atomic E-state index is 0.0761. The van der Waals surface area contributed by atoms with Gasteiger partial charge in [0.05, 0.1) is 11.8 Å². The van der Waals surface area contributed by atoms with Gasteiger partial charge in [0, 0.05) is 5.69 Å². The lowest BCUT2D eigenvalue weighted by Gasteiger charge is -2.14. The number of aromatic nitrogens is 3. The van der Waals surface area contributed by atoms with Crippen molar-refractivity contribution in [1.29, 1.82) is 0 Å². The van der Waals surface area contributed by atoms with Gasteiger partial charge in [-0.15, -0.1) is 10.2 Å². The number of hydrogen-bond donors (Lipinski definition) is 1. The van der Waals surface area contributed by atoms with Gasteiger partial charge in [-0.05, 0) is 36.8 Å². The van der Waals surface area contributed by atoms with Crippen LogP contribution in [0.3, 0.4) is 0 Å². The summed E-state index contributed by atoms with van der Waals surface area (Å²) in [6, 6.07) is 15.3. The van der Waals surface area contributed by atoms with Crippen LogP contribution in [-0.4, -0.2) is 33.2 Å². The Morgan fingerprint density at radius 1 is 1.22 bits per heavy atom. The zero-order chi connectivity index (χ0) is 18.6. The number of benzene rings is 2. The monoisotopic (exact) mass is 382 g/mol. The molecule has 0 saturated carbocycles. The molecule has 1 aliphatic heterocycles. The quantitative estimate of drug-likeness (QED) is 0.661. The van der Waals surface area contributed by atoms with Gasteiger partial charge in [0.2, 0.25) is 12.7 Å². The molecule has 3 aromatic rings. The van der Waals surface area contributed by atoms with Crippen LogP contribution in [0, 0.1) is 0 Å². The fourth-order valence-corrected chi connectivity index (χ4v) is 3.51. The SMILES string of the molecule is C[C@H](NC(=O)CSc1nncn1-c1ccccc1)c1ccc2c(c1)OCO2. The molecule has 7 nitrogen and oxygen atoms in total. The minimum Gasteiger partial charge on any atom is -0.454 e. The van der Waals surface area contributed by atoms with Crippen molar-refractivity contribution in [3.63, 3.8) is 0 Å². The Kier molecular flexibility index (Phi) is 4.97. The molecule has 138 valence electrons. The predicted octanol–water partition coefficient (Wildman–Crippen LogP) is 2.97. The lowest BCUT2D eigenvalue weighted by Crippen LogP contribution is -2.28. The molecule has 1 N–H and O–H groups in total. The van der Waals surface area contributed by atoms with Gasteiger partial charge in [0.1, 0.15) is 6.33 Å². The summed E-state index contributed by atoms with van der Waals surface area (Å²) in [5.74, 6) is 1.61. The van der Waals surface area contributed by atoms with Crippen LogP contribution in [0.1, 0.15) is 18.5 Å². The van der Waals surface area contributed by atoms with Crippen LogP contribution >= 0.6 is 11.8 Å². The molecule has 27 heavy (non-hydrogen) atoms. The summed E-state index contributed by atoms with van der Waals surface area (Å²) in [6.07, 6.45) is 1.64. The van der Waals surface area contributed by atoms with Crippen LogP contribution in [0.15, 0.2) is 60.0 Å². The first-order valence-corrected chi connectivity index (χ1v) is 9.46. The second-order valence-electron chi connectivity index (χ2n) is 6.01. The van der Waals surface area contributed by atoms with E-state index in [0.717, 1.165) is 17.0 Å². The van der Waals surface area contributed by atoms with E-state index in [-0.39, 0.29) is 24.5 Å². The molecule has 8 heteroatoms. The van der Waals surface area contributed by atoms with Crippen molar-refractivity contribution < 1.29 is 14.3 Å². The number of nitrogens with zero attached hydrogens (tertiary/aromatic N) is 3. The Morgan fingerprint density at radius 3 is 2.89 bits per heavy atom. The average molecular weight is 382 g/mol. The predicted molar refractivity (Wildman–Crippen MR) is 101 cm³/mol. The fourth-order valence-electron chi connectivity index (χ4n) is 2.77. The summed E-state index contributed by atoms with van der Waals surface area (Å²) in [5.41, 5.74) is 1.92. The maximum Gasteiger partial charge on any atom is 0.231 e. The van der Waals surface area contributed by atoms with Gasteiger partial charge in [-0.2, -0.15) is 0 Å². The number of carbonyl (C=O) groups excluding carboxylic acids is 1. The van der Waals surface area contributed by atoms with E-state index in [1.807, 2.05) is 60.0 Å². The fraction of sp³-hybridized carbons (Fsp3) is 0.211. The zero-order valence-corrected chi connectivity index (χ0v) is 15.5. The highest BCUT2D eigenvalue weighted by Gasteiger charge is 2.17. The number of ether oxygens (including phenoxy) is 2. The summed E-state index contributed by atoms with van der Waals surface area (Å²) in [4.78, 5) is 12.4. The molecule has 0 unspecified atom stereocenters. The number of nitrogens with one attached hydrogen (secondary N) is 1. The van der Waals surface area contributed by atoms with E-state index in [4.69, 9.17) is 9.47 Å². The standard InChI is InChI=1S/C19H18N4O3S/c1-13(14-7-8-16-17(9-14)26-12-25-16)21-18(24)10-27-19-22-20-11-23(19)15-5-3-2-4-6-15/h2-9,11,13H,10,12H2,1H3,(H,21,24)/t13-/m0/s1. The number of fused-ring (bicyclic) bond motifs is 1. The normalized spacial score (nSPS) is 13.4. The topological polar surface area (TPSA) is 78.3 Å². The van der Waals surface area contributed by atoms with Crippen LogP contribution in [0.5, 0.6) is 11.5 Å². The van der Waals surface area contributed by atoms with E-state index in [1.54, 1.807) is 6.33 Å². The van der Waals surface area contributed by atoms with Crippen LogP contribution in [0.4, 0.5) is 0 Å². The van der Waals surface area contributed by atoms with Crippen LogP contribution < -0.4 is 14.8 Å². The second-order valence-corrected chi connectivity index (χ2v) is 6.95. The van der Waals surface area contributed by atoms with E-state index >= 15 is 0 Å². The summed E-state index contributed by atoms with van der Waals surface area (Å²) in [6.45, 7) is 2.17. The molecule has 0 aliphatic carbocycles. The van der Waals surface area contributed by atoms with Crippen LogP contribution in [0.25, 0.3) is 5.69 Å². The Hall–Kier alpha value is -3.00. The molecule has 4 rings (SSSR count). The van der Waals surface area contributed by atoms with E-state index in [9.17, 15) is 4.79 Å². The Bertz CT molecular complexity index is 945. The number of rotatable bonds is 6. The zero-order valence-electron chi connectivity index (χ0n) is 14.7. The van der Waals surface area contributed by atoms with Crippen molar-refractivity contribution in [1.82, 2.24) is 20.1 Å². The Balaban J connectivity index is 1.36. The summed E-state index contributed by atoms with van der Waals surface area (Å²) in [5, 5.41) is 11.7. The number of hydrogen-bond acceptors (Lipinski definition) is 6. The van der Waals surface area contributed by atoms with Crippen LogP contribution in [-0.2, 0) is 4.79 Å². The smallest absolute Gasteiger partial charge is 0.231 e. The molecule has 0 bridgehead atoms. The highest BCUT2D eigenvalue weighted by atomic mass is 32.2. The molecule has 0 radical (unpaired) electrons. The first-order chi connectivity index (χ1) is 13.2. The number of para-hydroxylation sites is 1. The van der Waals surface area contributed by atoms with Gasteiger partial charge >= 0.3 is 0 Å². The van der Waals surface area contributed by atoms with Crippen molar-refractivity contribution in [3.8, 4) is 17.2 Å². The lowest BCUT2D eigenvalue weighted by molar-refractivity contribution is -0.119. The number of thioether (sulfide) groups is 1. The number of amides is 1. The van der Waals surface area contributed by atoms with Gasteiger partial charge in [0.25, 0.3) is 0 Å². The third-order valence-corrected chi connectivity index (χ3v) is 5.10. The molecule has 1 aromatic heterocycles. The Morgan fingerprint density at radius 2 is 2.04 bits per heavy atom. The van der Waals surface area contributed by atoms with Crippen molar-refractivity contribution in [3.05, 3.63) is 60.4 Å². The molecule has 1 atom stereocenters. The molecule has 0 spiro atoms.